The maximum Gasteiger partial charge on any atom is 0.412 e. The normalized spacial score (nSPS) is 13.1. The van der Waals surface area contributed by atoms with Crippen LogP contribution in [0.4, 0.5) is 16.2 Å². The minimum absolute atomic E-state index is 0.0227. The Morgan fingerprint density at radius 1 is 0.833 bits per heavy atom. The molecule has 0 unspecified atom stereocenters. The number of fused-ring (bicyclic) bond motifs is 3. The molecule has 0 aliphatic carbocycles. The second-order valence-corrected chi connectivity index (χ2v) is 11.2. The Morgan fingerprint density at radius 3 is 1.83 bits per heavy atom. The van der Waals surface area contributed by atoms with Crippen molar-refractivity contribution in [3.63, 3.8) is 0 Å². The largest absolute Gasteiger partial charge is 0.444 e. The van der Waals surface area contributed by atoms with E-state index in [0.717, 1.165) is 27.4 Å². The van der Waals surface area contributed by atoms with E-state index >= 15 is 0 Å². The second kappa shape index (κ2) is 6.93. The van der Waals surface area contributed by atoms with Gasteiger partial charge in [0.25, 0.3) is 0 Å². The number of hydrogen-bond donors (Lipinski definition) is 3. The number of hydrogen-bond acceptors (Lipinski definition) is 3. The second-order valence-electron chi connectivity index (χ2n) is 11.2. The summed E-state index contributed by atoms with van der Waals surface area (Å²) in [7, 11) is 0. The van der Waals surface area contributed by atoms with E-state index in [9.17, 15) is 4.79 Å². The van der Waals surface area contributed by atoms with Crippen LogP contribution < -0.4 is 11.1 Å². The monoisotopic (exact) mass is 409 g/mol. The van der Waals surface area contributed by atoms with Gasteiger partial charge in [-0.3, -0.25) is 5.32 Å². The van der Waals surface area contributed by atoms with Crippen LogP contribution in [0.3, 0.4) is 0 Å². The van der Waals surface area contributed by atoms with Gasteiger partial charge in [-0.2, -0.15) is 0 Å². The van der Waals surface area contributed by atoms with Gasteiger partial charge in [-0.15, -0.1) is 0 Å². The average molecular weight is 410 g/mol. The zero-order valence-electron chi connectivity index (χ0n) is 19.7. The summed E-state index contributed by atoms with van der Waals surface area (Å²) in [6, 6.07) is 8.44. The number of nitrogens with two attached hydrogens (primary N) is 1. The Morgan fingerprint density at radius 2 is 1.33 bits per heavy atom. The number of H-pyrrole nitrogens is 1. The fourth-order valence-corrected chi connectivity index (χ4v) is 3.51. The van der Waals surface area contributed by atoms with Crippen LogP contribution in [0.1, 0.15) is 73.4 Å². The van der Waals surface area contributed by atoms with Crippen molar-refractivity contribution in [3.05, 3.63) is 35.4 Å². The number of nitrogens with one attached hydrogen (secondary N) is 2. The van der Waals surface area contributed by atoms with Crippen molar-refractivity contribution < 1.29 is 9.53 Å². The van der Waals surface area contributed by atoms with Gasteiger partial charge in [0.15, 0.2) is 0 Å². The van der Waals surface area contributed by atoms with Crippen molar-refractivity contribution in [1.29, 1.82) is 0 Å². The number of aromatic nitrogens is 1. The maximum atomic E-state index is 12.5. The fourth-order valence-electron chi connectivity index (χ4n) is 3.51. The van der Waals surface area contributed by atoms with E-state index in [1.807, 2.05) is 32.9 Å². The number of anilines is 2. The Balaban J connectivity index is 2.29. The van der Waals surface area contributed by atoms with E-state index in [1.165, 1.54) is 5.56 Å². The SMILES string of the molecule is CC(C)(C)OC(=O)Nc1cc(C(C)(C)C)cc2c1[nH]c1c(N)cc(C(C)(C)C)cc12. The molecule has 162 valence electrons. The summed E-state index contributed by atoms with van der Waals surface area (Å²) in [5.41, 5.74) is 11.2. The summed E-state index contributed by atoms with van der Waals surface area (Å²) in [6.45, 7) is 18.6. The quantitative estimate of drug-likeness (QED) is 0.385. The molecule has 2 aromatic carbocycles. The highest BCUT2D eigenvalue weighted by atomic mass is 16.6. The van der Waals surface area contributed by atoms with Crippen LogP contribution in [0.5, 0.6) is 0 Å². The molecule has 0 aliphatic heterocycles. The summed E-state index contributed by atoms with van der Waals surface area (Å²) < 4.78 is 5.49. The molecule has 0 saturated heterocycles. The average Bonchev–Trinajstić information content (AvgIpc) is 2.91. The van der Waals surface area contributed by atoms with Gasteiger partial charge in [0.05, 0.1) is 22.4 Å². The molecule has 1 amide bonds. The first kappa shape index (κ1) is 22.0. The predicted octanol–water partition coefficient (Wildman–Crippen LogP) is 6.85. The van der Waals surface area contributed by atoms with Crippen molar-refractivity contribution in [1.82, 2.24) is 4.98 Å². The van der Waals surface area contributed by atoms with Crippen molar-refractivity contribution in [2.75, 3.05) is 11.1 Å². The van der Waals surface area contributed by atoms with Crippen LogP contribution in [0.25, 0.3) is 21.8 Å². The summed E-state index contributed by atoms with van der Waals surface area (Å²) >= 11 is 0. The Hall–Kier alpha value is -2.69. The molecular formula is C25H35N3O2. The highest BCUT2D eigenvalue weighted by Crippen LogP contribution is 2.39. The molecular weight excluding hydrogens is 374 g/mol. The van der Waals surface area contributed by atoms with Gasteiger partial charge >= 0.3 is 6.09 Å². The lowest BCUT2D eigenvalue weighted by atomic mass is 9.84. The topological polar surface area (TPSA) is 80.1 Å². The van der Waals surface area contributed by atoms with E-state index in [4.69, 9.17) is 10.5 Å². The number of aromatic amines is 1. The first-order chi connectivity index (χ1) is 13.6. The number of rotatable bonds is 1. The molecule has 3 aromatic rings. The van der Waals surface area contributed by atoms with E-state index in [2.05, 4.69) is 64.0 Å². The molecule has 30 heavy (non-hydrogen) atoms. The number of ether oxygens (including phenoxy) is 1. The van der Waals surface area contributed by atoms with Crippen molar-refractivity contribution in [2.24, 2.45) is 0 Å². The smallest absolute Gasteiger partial charge is 0.412 e. The predicted molar refractivity (Wildman–Crippen MR) is 127 cm³/mol. The molecule has 1 heterocycles. The summed E-state index contributed by atoms with van der Waals surface area (Å²) in [5.74, 6) is 0. The van der Waals surface area contributed by atoms with Crippen LogP contribution in [-0.4, -0.2) is 16.7 Å². The van der Waals surface area contributed by atoms with Gasteiger partial charge in [0.1, 0.15) is 5.60 Å². The van der Waals surface area contributed by atoms with Crippen LogP contribution in [0.15, 0.2) is 24.3 Å². The van der Waals surface area contributed by atoms with Gasteiger partial charge in [0.2, 0.25) is 0 Å². The minimum Gasteiger partial charge on any atom is -0.444 e. The van der Waals surface area contributed by atoms with Gasteiger partial charge < -0.3 is 15.5 Å². The number of carbonyl (C=O) groups excluding carboxylic acids is 1. The van der Waals surface area contributed by atoms with Crippen LogP contribution >= 0.6 is 0 Å². The standard InChI is InChI=1S/C25H35N3O2/c1-23(2,3)14-10-16-17-11-15(24(4,5)6)13-19(27-22(29)30-25(7,8)9)21(17)28-20(16)18(26)12-14/h10-13,28H,26H2,1-9H3,(H,27,29). The van der Waals surface area contributed by atoms with Gasteiger partial charge in [-0.1, -0.05) is 41.5 Å². The molecule has 0 fully saturated rings. The Labute approximate surface area is 179 Å². The minimum atomic E-state index is -0.572. The molecule has 0 atom stereocenters. The van der Waals surface area contributed by atoms with Crippen molar-refractivity contribution in [2.45, 2.75) is 78.7 Å². The lowest BCUT2D eigenvalue weighted by Gasteiger charge is -2.22. The first-order valence-corrected chi connectivity index (χ1v) is 10.5. The number of carbonyl (C=O) groups is 1. The third kappa shape index (κ3) is 4.40. The number of benzene rings is 2. The third-order valence-electron chi connectivity index (χ3n) is 5.22. The van der Waals surface area contributed by atoms with E-state index < -0.39 is 11.7 Å². The molecule has 0 radical (unpaired) electrons. The molecule has 0 spiro atoms. The number of amides is 1. The Bertz CT molecular complexity index is 1120. The lowest BCUT2D eigenvalue weighted by Crippen LogP contribution is -2.27. The van der Waals surface area contributed by atoms with E-state index in [-0.39, 0.29) is 10.8 Å². The van der Waals surface area contributed by atoms with E-state index in [1.54, 1.807) is 0 Å². The molecule has 5 heteroatoms. The van der Waals surface area contributed by atoms with Crippen LogP contribution in [0, 0.1) is 0 Å². The first-order valence-electron chi connectivity index (χ1n) is 10.5. The van der Waals surface area contributed by atoms with Crippen LogP contribution in [-0.2, 0) is 15.6 Å². The van der Waals surface area contributed by atoms with Gasteiger partial charge in [0, 0.05) is 10.8 Å². The summed E-state index contributed by atoms with van der Waals surface area (Å²) in [4.78, 5) is 16.0. The van der Waals surface area contributed by atoms with Gasteiger partial charge in [-0.05, 0) is 67.0 Å². The zero-order chi connectivity index (χ0) is 22.6. The van der Waals surface area contributed by atoms with Crippen molar-refractivity contribution >= 4 is 39.3 Å². The lowest BCUT2D eigenvalue weighted by molar-refractivity contribution is 0.0636. The summed E-state index contributed by atoms with van der Waals surface area (Å²) in [5, 5.41) is 5.05. The molecule has 4 N–H and O–H groups in total. The highest BCUT2D eigenvalue weighted by molar-refractivity contribution is 6.15. The van der Waals surface area contributed by atoms with Crippen LogP contribution in [0.2, 0.25) is 0 Å². The molecule has 5 nitrogen and oxygen atoms in total. The molecule has 0 saturated carbocycles. The fraction of sp³-hybridized carbons (Fsp3) is 0.480. The summed E-state index contributed by atoms with van der Waals surface area (Å²) in [6.07, 6.45) is -0.475. The van der Waals surface area contributed by atoms with E-state index in [0.29, 0.717) is 11.4 Å². The van der Waals surface area contributed by atoms with Crippen molar-refractivity contribution in [3.8, 4) is 0 Å². The molecule has 0 bridgehead atoms. The molecule has 0 aliphatic rings. The third-order valence-corrected chi connectivity index (χ3v) is 5.22. The number of nitrogen functional groups attached to an aromatic ring is 1. The van der Waals surface area contributed by atoms with Gasteiger partial charge in [-0.25, -0.2) is 4.79 Å². The molecule has 1 aromatic heterocycles. The Kier molecular flexibility index (Phi) is 5.08. The highest BCUT2D eigenvalue weighted by Gasteiger charge is 2.23. The molecule has 3 rings (SSSR count). The maximum absolute atomic E-state index is 12.5. The zero-order valence-corrected chi connectivity index (χ0v) is 19.7.